The number of aromatic nitrogens is 1. The molecule has 31 heavy (non-hydrogen) atoms. The lowest BCUT2D eigenvalue weighted by Gasteiger charge is -2.28. The second kappa shape index (κ2) is 10.2. The average molecular weight is 418 g/mol. The van der Waals surface area contributed by atoms with Gasteiger partial charge in [-0.2, -0.15) is 0 Å². The molecule has 1 aliphatic rings. The number of morpholine rings is 1. The van der Waals surface area contributed by atoms with Gasteiger partial charge in [-0.3, -0.25) is 4.79 Å². The van der Waals surface area contributed by atoms with Gasteiger partial charge in [0.05, 0.1) is 13.2 Å². The fourth-order valence-electron chi connectivity index (χ4n) is 3.60. The van der Waals surface area contributed by atoms with E-state index in [9.17, 15) is 4.79 Å². The quantitative estimate of drug-likeness (QED) is 0.517. The van der Waals surface area contributed by atoms with Crippen molar-refractivity contribution < 1.29 is 9.53 Å². The van der Waals surface area contributed by atoms with E-state index in [-0.39, 0.29) is 5.91 Å². The van der Waals surface area contributed by atoms with Crippen LogP contribution in [0.15, 0.2) is 66.3 Å². The summed E-state index contributed by atoms with van der Waals surface area (Å²) in [5, 5.41) is 3.02. The Morgan fingerprint density at radius 2 is 1.90 bits per heavy atom. The highest BCUT2D eigenvalue weighted by atomic mass is 16.5. The van der Waals surface area contributed by atoms with E-state index in [2.05, 4.69) is 35.9 Å². The van der Waals surface area contributed by atoms with Crippen molar-refractivity contribution in [1.29, 1.82) is 0 Å². The molecular weight excluding hydrogens is 386 g/mol. The van der Waals surface area contributed by atoms with E-state index >= 15 is 0 Å². The van der Waals surface area contributed by atoms with Crippen molar-refractivity contribution in [1.82, 2.24) is 4.98 Å². The van der Waals surface area contributed by atoms with E-state index < -0.39 is 0 Å². The molecule has 3 rings (SSSR count). The highest BCUT2D eigenvalue weighted by molar-refractivity contribution is 6.06. The molecule has 0 saturated carbocycles. The van der Waals surface area contributed by atoms with Crippen LogP contribution in [0.25, 0.3) is 11.1 Å². The number of ether oxygens (including phenoxy) is 1. The molecule has 2 heterocycles. The zero-order valence-electron chi connectivity index (χ0n) is 18.9. The van der Waals surface area contributed by atoms with E-state index in [1.165, 1.54) is 0 Å². The van der Waals surface area contributed by atoms with Gasteiger partial charge in [0.15, 0.2) is 0 Å². The SMILES string of the molecule is C=C/C=C(\C=C(C)C)C(=O)Nc1ccc(C)c(-c2cc(C)nc(N3CCOCC3)c2)c1. The number of allylic oxidation sites excluding steroid dienone is 3. The van der Waals surface area contributed by atoms with Crippen molar-refractivity contribution in [2.45, 2.75) is 27.7 Å². The van der Waals surface area contributed by atoms with Gasteiger partial charge in [-0.25, -0.2) is 4.98 Å². The van der Waals surface area contributed by atoms with Crippen LogP contribution in [0.2, 0.25) is 0 Å². The summed E-state index contributed by atoms with van der Waals surface area (Å²) >= 11 is 0. The maximum atomic E-state index is 12.8. The summed E-state index contributed by atoms with van der Waals surface area (Å²) < 4.78 is 5.47. The van der Waals surface area contributed by atoms with E-state index in [4.69, 9.17) is 9.72 Å². The number of carbonyl (C=O) groups excluding carboxylic acids is 1. The molecule has 1 fully saturated rings. The molecule has 0 spiro atoms. The number of benzene rings is 1. The van der Waals surface area contributed by atoms with Gasteiger partial charge in [0.1, 0.15) is 5.82 Å². The monoisotopic (exact) mass is 417 g/mol. The Kier molecular flexibility index (Phi) is 7.42. The molecule has 1 aliphatic heterocycles. The van der Waals surface area contributed by atoms with Crippen LogP contribution in [-0.2, 0) is 9.53 Å². The van der Waals surface area contributed by atoms with Gasteiger partial charge >= 0.3 is 0 Å². The topological polar surface area (TPSA) is 54.5 Å². The third kappa shape index (κ3) is 5.92. The zero-order chi connectivity index (χ0) is 22.4. The molecule has 0 bridgehead atoms. The minimum atomic E-state index is -0.157. The fraction of sp³-hybridized carbons (Fsp3) is 0.308. The smallest absolute Gasteiger partial charge is 0.255 e. The normalized spacial score (nSPS) is 14.2. The van der Waals surface area contributed by atoms with E-state index in [0.29, 0.717) is 5.57 Å². The van der Waals surface area contributed by atoms with Crippen LogP contribution in [0.4, 0.5) is 11.5 Å². The molecule has 0 radical (unpaired) electrons. The summed E-state index contributed by atoms with van der Waals surface area (Å²) in [5.41, 5.74) is 6.66. The standard InChI is InChI=1S/C26H31N3O2/c1-6-7-21(14-18(2)3)26(30)28-23-9-8-19(4)24(17-23)22-15-20(5)27-25(16-22)29-10-12-31-13-11-29/h6-9,14-17H,1,10-13H2,2-5H3,(H,28,30)/b21-7+. The van der Waals surface area contributed by atoms with Crippen LogP contribution in [-0.4, -0.2) is 37.2 Å². The molecule has 0 aliphatic carbocycles. The van der Waals surface area contributed by atoms with Crippen molar-refractivity contribution in [2.75, 3.05) is 36.5 Å². The van der Waals surface area contributed by atoms with Crippen LogP contribution in [0.1, 0.15) is 25.1 Å². The van der Waals surface area contributed by atoms with E-state index in [0.717, 1.165) is 65.8 Å². The predicted octanol–water partition coefficient (Wildman–Crippen LogP) is 5.22. The van der Waals surface area contributed by atoms with Gasteiger partial charge in [-0.1, -0.05) is 36.4 Å². The summed E-state index contributed by atoms with van der Waals surface area (Å²) in [7, 11) is 0. The van der Waals surface area contributed by atoms with Crippen LogP contribution < -0.4 is 10.2 Å². The molecule has 1 amide bonds. The number of hydrogen-bond acceptors (Lipinski definition) is 4. The van der Waals surface area contributed by atoms with Gasteiger partial charge in [0.25, 0.3) is 5.91 Å². The van der Waals surface area contributed by atoms with Crippen LogP contribution in [0, 0.1) is 13.8 Å². The van der Waals surface area contributed by atoms with Gasteiger partial charge in [-0.05, 0) is 68.7 Å². The lowest BCUT2D eigenvalue weighted by atomic mass is 9.99. The number of carbonyl (C=O) groups is 1. The number of hydrogen-bond donors (Lipinski definition) is 1. The Bertz CT molecular complexity index is 1030. The summed E-state index contributed by atoms with van der Waals surface area (Å²) in [6.45, 7) is 14.9. The number of anilines is 2. The molecule has 162 valence electrons. The molecule has 0 atom stereocenters. The number of nitrogens with one attached hydrogen (secondary N) is 1. The minimum Gasteiger partial charge on any atom is -0.378 e. The fourth-order valence-corrected chi connectivity index (χ4v) is 3.60. The molecule has 2 aromatic rings. The lowest BCUT2D eigenvalue weighted by molar-refractivity contribution is -0.112. The summed E-state index contributed by atoms with van der Waals surface area (Å²) in [6.07, 6.45) is 5.20. The minimum absolute atomic E-state index is 0.157. The Balaban J connectivity index is 1.92. The molecule has 5 heteroatoms. The first-order valence-corrected chi connectivity index (χ1v) is 10.6. The zero-order valence-corrected chi connectivity index (χ0v) is 18.9. The molecule has 1 saturated heterocycles. The average Bonchev–Trinajstić information content (AvgIpc) is 2.74. The van der Waals surface area contributed by atoms with Gasteiger partial charge in [0, 0.05) is 30.0 Å². The summed E-state index contributed by atoms with van der Waals surface area (Å²) in [4.78, 5) is 19.8. The first kappa shape index (κ1) is 22.5. The molecular formula is C26H31N3O2. The van der Waals surface area contributed by atoms with Crippen LogP contribution >= 0.6 is 0 Å². The number of rotatable bonds is 6. The number of amides is 1. The third-order valence-corrected chi connectivity index (χ3v) is 5.09. The largest absolute Gasteiger partial charge is 0.378 e. The van der Waals surface area contributed by atoms with Crippen molar-refractivity contribution in [2.24, 2.45) is 0 Å². The van der Waals surface area contributed by atoms with Crippen LogP contribution in [0.5, 0.6) is 0 Å². The number of nitrogens with zero attached hydrogens (tertiary/aromatic N) is 2. The first-order chi connectivity index (χ1) is 14.9. The lowest BCUT2D eigenvalue weighted by Crippen LogP contribution is -2.36. The van der Waals surface area contributed by atoms with Crippen molar-refractivity contribution >= 4 is 17.4 Å². The molecule has 1 aromatic carbocycles. The third-order valence-electron chi connectivity index (χ3n) is 5.09. The Morgan fingerprint density at radius 1 is 1.16 bits per heavy atom. The molecule has 5 nitrogen and oxygen atoms in total. The predicted molar refractivity (Wildman–Crippen MR) is 129 cm³/mol. The van der Waals surface area contributed by atoms with Crippen molar-refractivity contribution in [3.05, 3.63) is 77.5 Å². The number of pyridine rings is 1. The maximum absolute atomic E-state index is 12.8. The van der Waals surface area contributed by atoms with Crippen LogP contribution in [0.3, 0.4) is 0 Å². The van der Waals surface area contributed by atoms with Gasteiger partial charge < -0.3 is 15.0 Å². The summed E-state index contributed by atoms with van der Waals surface area (Å²) in [6, 6.07) is 10.2. The van der Waals surface area contributed by atoms with Crippen molar-refractivity contribution in [3.63, 3.8) is 0 Å². The Morgan fingerprint density at radius 3 is 2.58 bits per heavy atom. The second-order valence-corrected chi connectivity index (χ2v) is 8.02. The summed E-state index contributed by atoms with van der Waals surface area (Å²) in [5.74, 6) is 0.808. The Hall–Kier alpha value is -3.18. The first-order valence-electron chi connectivity index (χ1n) is 10.6. The highest BCUT2D eigenvalue weighted by Crippen LogP contribution is 2.30. The van der Waals surface area contributed by atoms with Crippen molar-refractivity contribution in [3.8, 4) is 11.1 Å². The molecule has 1 aromatic heterocycles. The highest BCUT2D eigenvalue weighted by Gasteiger charge is 2.15. The molecule has 0 unspecified atom stereocenters. The maximum Gasteiger partial charge on any atom is 0.255 e. The Labute approximate surface area is 185 Å². The van der Waals surface area contributed by atoms with E-state index in [1.807, 2.05) is 45.0 Å². The van der Waals surface area contributed by atoms with Gasteiger partial charge in [0.2, 0.25) is 0 Å². The van der Waals surface area contributed by atoms with E-state index in [1.54, 1.807) is 12.2 Å². The second-order valence-electron chi connectivity index (χ2n) is 8.02. The number of aryl methyl sites for hydroxylation is 2. The molecule has 1 N–H and O–H groups in total. The van der Waals surface area contributed by atoms with Gasteiger partial charge in [-0.15, -0.1) is 0 Å².